The largest absolute Gasteiger partial charge is 0.455 e. The lowest BCUT2D eigenvalue weighted by Crippen LogP contribution is -1.93. The monoisotopic (exact) mass is 622 g/mol. The van der Waals surface area contributed by atoms with E-state index in [0.717, 1.165) is 33.1 Å². The van der Waals surface area contributed by atoms with Gasteiger partial charge >= 0.3 is 0 Å². The molecule has 1 heteroatoms. The highest BCUT2D eigenvalue weighted by Crippen LogP contribution is 2.47. The van der Waals surface area contributed by atoms with Gasteiger partial charge in [-0.2, -0.15) is 0 Å². The summed E-state index contributed by atoms with van der Waals surface area (Å²) in [6.07, 6.45) is 0. The molecule has 0 aliphatic rings. The SMILES string of the molecule is c1ccc(-c2c3ccccc3c(-c3ccccc3-c3ccc4ccccc4c3)c3cc(-c4cccc5c4oc4ccccc45)ccc23)cc1. The van der Waals surface area contributed by atoms with E-state index in [9.17, 15) is 0 Å². The van der Waals surface area contributed by atoms with Gasteiger partial charge in [0.2, 0.25) is 0 Å². The molecule has 0 fully saturated rings. The van der Waals surface area contributed by atoms with Crippen LogP contribution in [0.25, 0.3) is 98.8 Å². The fourth-order valence-electron chi connectivity index (χ4n) is 7.84. The molecule has 0 N–H and O–H groups in total. The van der Waals surface area contributed by atoms with E-state index < -0.39 is 0 Å². The van der Waals surface area contributed by atoms with Gasteiger partial charge < -0.3 is 4.42 Å². The van der Waals surface area contributed by atoms with Gasteiger partial charge in [-0.1, -0.05) is 164 Å². The first kappa shape index (κ1) is 27.7. The summed E-state index contributed by atoms with van der Waals surface area (Å²) in [7, 11) is 0. The molecule has 9 aromatic carbocycles. The van der Waals surface area contributed by atoms with Crippen LogP contribution in [0.2, 0.25) is 0 Å². The topological polar surface area (TPSA) is 13.1 Å². The Hall–Kier alpha value is -6.44. The van der Waals surface area contributed by atoms with Crippen LogP contribution < -0.4 is 0 Å². The third-order valence-corrected chi connectivity index (χ3v) is 10.1. The summed E-state index contributed by atoms with van der Waals surface area (Å²) in [6.45, 7) is 0. The molecule has 228 valence electrons. The van der Waals surface area contributed by atoms with Gasteiger partial charge in [0.1, 0.15) is 11.2 Å². The Morgan fingerprint density at radius 3 is 1.73 bits per heavy atom. The summed E-state index contributed by atoms with van der Waals surface area (Å²) in [5.41, 5.74) is 11.4. The molecule has 0 spiro atoms. The second-order valence-corrected chi connectivity index (χ2v) is 12.8. The number of hydrogen-bond donors (Lipinski definition) is 0. The summed E-state index contributed by atoms with van der Waals surface area (Å²) in [5, 5.41) is 9.70. The summed E-state index contributed by atoms with van der Waals surface area (Å²) >= 11 is 0. The van der Waals surface area contributed by atoms with Crippen LogP contribution in [0.15, 0.2) is 186 Å². The van der Waals surface area contributed by atoms with Crippen LogP contribution in [0.3, 0.4) is 0 Å². The number of para-hydroxylation sites is 2. The van der Waals surface area contributed by atoms with Crippen molar-refractivity contribution in [3.05, 3.63) is 182 Å². The number of hydrogen-bond acceptors (Lipinski definition) is 1. The predicted molar refractivity (Wildman–Crippen MR) is 208 cm³/mol. The zero-order chi connectivity index (χ0) is 32.3. The first-order chi connectivity index (χ1) is 24.3. The highest BCUT2D eigenvalue weighted by molar-refractivity contribution is 6.23. The predicted octanol–water partition coefficient (Wildman–Crippen LogP) is 13.7. The van der Waals surface area contributed by atoms with E-state index in [2.05, 4.69) is 176 Å². The van der Waals surface area contributed by atoms with Crippen molar-refractivity contribution in [2.24, 2.45) is 0 Å². The van der Waals surface area contributed by atoms with Crippen LogP contribution in [0.5, 0.6) is 0 Å². The van der Waals surface area contributed by atoms with Crippen molar-refractivity contribution in [2.45, 2.75) is 0 Å². The van der Waals surface area contributed by atoms with Crippen molar-refractivity contribution in [1.82, 2.24) is 0 Å². The third-order valence-electron chi connectivity index (χ3n) is 10.1. The molecule has 1 aromatic heterocycles. The minimum absolute atomic E-state index is 0.910. The Kier molecular flexibility index (Phi) is 6.25. The van der Waals surface area contributed by atoms with Gasteiger partial charge in [-0.25, -0.2) is 0 Å². The maximum Gasteiger partial charge on any atom is 0.143 e. The molecule has 49 heavy (non-hydrogen) atoms. The van der Waals surface area contributed by atoms with E-state index in [0.29, 0.717) is 0 Å². The fraction of sp³-hybridized carbons (Fsp3) is 0. The molecule has 0 aliphatic heterocycles. The molecular formula is C48H30O. The molecule has 10 rings (SSSR count). The van der Waals surface area contributed by atoms with Crippen LogP contribution >= 0.6 is 0 Å². The summed E-state index contributed by atoms with van der Waals surface area (Å²) < 4.78 is 6.54. The lowest BCUT2D eigenvalue weighted by atomic mass is 9.83. The maximum absolute atomic E-state index is 6.54. The molecule has 0 unspecified atom stereocenters. The molecule has 0 aliphatic carbocycles. The quantitative estimate of drug-likeness (QED) is 0.178. The Bertz CT molecular complexity index is 2870. The highest BCUT2D eigenvalue weighted by atomic mass is 16.3. The van der Waals surface area contributed by atoms with Crippen molar-refractivity contribution in [3.63, 3.8) is 0 Å². The van der Waals surface area contributed by atoms with Crippen LogP contribution in [0, 0.1) is 0 Å². The smallest absolute Gasteiger partial charge is 0.143 e. The Labute approximate surface area is 284 Å². The second-order valence-electron chi connectivity index (χ2n) is 12.8. The maximum atomic E-state index is 6.54. The zero-order valence-corrected chi connectivity index (χ0v) is 26.7. The standard InChI is InChI=1S/C48H30O/c1-2-14-32(15-3-1)46-40-20-8-9-21-41(40)47(39-19-7-6-17-36(39)34-26-25-31-13-4-5-16-33(31)29-34)44-30-35(27-28-42(44)46)37-22-12-23-43-38-18-10-11-24-45(38)49-48(37)43/h1-30H. The number of benzene rings is 9. The van der Waals surface area contributed by atoms with E-state index in [4.69, 9.17) is 4.42 Å². The van der Waals surface area contributed by atoms with Crippen LogP contribution in [-0.4, -0.2) is 0 Å². The summed E-state index contributed by atoms with van der Waals surface area (Å²) in [4.78, 5) is 0. The van der Waals surface area contributed by atoms with Gasteiger partial charge in [0, 0.05) is 16.3 Å². The first-order valence-electron chi connectivity index (χ1n) is 16.8. The van der Waals surface area contributed by atoms with Crippen LogP contribution in [0.1, 0.15) is 0 Å². The molecule has 10 aromatic rings. The normalized spacial score (nSPS) is 11.7. The third kappa shape index (κ3) is 4.40. The van der Waals surface area contributed by atoms with Crippen molar-refractivity contribution >= 4 is 54.3 Å². The molecule has 0 bridgehead atoms. The first-order valence-corrected chi connectivity index (χ1v) is 16.8. The highest BCUT2D eigenvalue weighted by Gasteiger charge is 2.20. The molecule has 1 nitrogen and oxygen atoms in total. The molecule has 0 saturated heterocycles. The molecule has 0 amide bonds. The number of fused-ring (bicyclic) bond motifs is 6. The van der Waals surface area contributed by atoms with Crippen LogP contribution in [0.4, 0.5) is 0 Å². The van der Waals surface area contributed by atoms with Crippen molar-refractivity contribution in [1.29, 1.82) is 0 Å². The second kappa shape index (κ2) is 11.1. The van der Waals surface area contributed by atoms with E-state index in [-0.39, 0.29) is 0 Å². The van der Waals surface area contributed by atoms with E-state index in [1.807, 2.05) is 6.07 Å². The van der Waals surface area contributed by atoms with Gasteiger partial charge in [0.05, 0.1) is 0 Å². The Morgan fingerprint density at radius 2 is 0.878 bits per heavy atom. The Morgan fingerprint density at radius 1 is 0.286 bits per heavy atom. The van der Waals surface area contributed by atoms with Gasteiger partial charge in [-0.05, 0) is 89.5 Å². The molecule has 0 atom stereocenters. The van der Waals surface area contributed by atoms with E-state index >= 15 is 0 Å². The summed E-state index contributed by atoms with van der Waals surface area (Å²) in [6, 6.07) is 65.8. The lowest BCUT2D eigenvalue weighted by Gasteiger charge is -2.20. The van der Waals surface area contributed by atoms with E-state index in [1.54, 1.807) is 0 Å². The van der Waals surface area contributed by atoms with Gasteiger partial charge in [-0.15, -0.1) is 0 Å². The average Bonchev–Trinajstić information content (AvgIpc) is 3.56. The van der Waals surface area contributed by atoms with Gasteiger partial charge in [-0.3, -0.25) is 0 Å². The van der Waals surface area contributed by atoms with Gasteiger partial charge in [0.25, 0.3) is 0 Å². The number of rotatable bonds is 4. The van der Waals surface area contributed by atoms with Gasteiger partial charge in [0.15, 0.2) is 0 Å². The minimum atomic E-state index is 0.910. The summed E-state index contributed by atoms with van der Waals surface area (Å²) in [5.74, 6) is 0. The average molecular weight is 623 g/mol. The molecule has 0 radical (unpaired) electrons. The van der Waals surface area contributed by atoms with E-state index in [1.165, 1.54) is 65.7 Å². The number of furan rings is 1. The molecule has 0 saturated carbocycles. The molecule has 1 heterocycles. The lowest BCUT2D eigenvalue weighted by molar-refractivity contribution is 0.670. The fourth-order valence-corrected chi connectivity index (χ4v) is 7.84. The van der Waals surface area contributed by atoms with Crippen molar-refractivity contribution < 1.29 is 4.42 Å². The Balaban J connectivity index is 1.32. The van der Waals surface area contributed by atoms with Crippen LogP contribution in [-0.2, 0) is 0 Å². The van der Waals surface area contributed by atoms with Crippen molar-refractivity contribution in [2.75, 3.05) is 0 Å². The zero-order valence-electron chi connectivity index (χ0n) is 26.7. The van der Waals surface area contributed by atoms with Crippen molar-refractivity contribution in [3.8, 4) is 44.5 Å². The minimum Gasteiger partial charge on any atom is -0.455 e. The molecular weight excluding hydrogens is 593 g/mol.